The van der Waals surface area contributed by atoms with Crippen LogP contribution in [0.2, 0.25) is 4.47 Å². The summed E-state index contributed by atoms with van der Waals surface area (Å²) in [4.78, 5) is 11.8. The number of rotatable bonds is 1. The minimum absolute atomic E-state index is 0.533. The van der Waals surface area contributed by atoms with E-state index in [2.05, 4.69) is 15.0 Å². The Bertz CT molecular complexity index is 581. The molecule has 0 aliphatic carbocycles. The standard InChI is InChI=1S/C10H6ClN3S/c11-10-14-8(5-15-10)9-12-6-3-1-2-4-7(6)13-9/h1-5H,(H,12,13). The number of halogens is 1. The molecule has 0 unspecified atom stereocenters. The third-order valence-corrected chi connectivity index (χ3v) is 3.09. The van der Waals surface area contributed by atoms with E-state index < -0.39 is 0 Å². The molecule has 0 saturated carbocycles. The summed E-state index contributed by atoms with van der Waals surface area (Å²) in [5.74, 6) is 0.763. The first kappa shape index (κ1) is 8.88. The summed E-state index contributed by atoms with van der Waals surface area (Å²) in [6.07, 6.45) is 0. The minimum Gasteiger partial charge on any atom is -0.337 e. The van der Waals surface area contributed by atoms with E-state index in [0.717, 1.165) is 22.6 Å². The van der Waals surface area contributed by atoms with Crippen molar-refractivity contribution in [2.45, 2.75) is 0 Å². The Labute approximate surface area is 94.8 Å². The molecule has 2 heterocycles. The number of aromatic nitrogens is 3. The second-order valence-corrected chi connectivity index (χ2v) is 4.53. The van der Waals surface area contributed by atoms with Crippen molar-refractivity contribution in [3.05, 3.63) is 34.1 Å². The van der Waals surface area contributed by atoms with Crippen molar-refractivity contribution in [1.82, 2.24) is 15.0 Å². The van der Waals surface area contributed by atoms with Crippen molar-refractivity contribution < 1.29 is 0 Å². The van der Waals surface area contributed by atoms with Crippen molar-refractivity contribution in [3.8, 4) is 11.5 Å². The highest BCUT2D eigenvalue weighted by Gasteiger charge is 2.07. The fourth-order valence-corrected chi connectivity index (χ4v) is 2.18. The molecule has 5 heteroatoms. The molecule has 0 amide bonds. The molecule has 2 aromatic heterocycles. The van der Waals surface area contributed by atoms with Crippen molar-refractivity contribution in [1.29, 1.82) is 0 Å². The maximum Gasteiger partial charge on any atom is 0.184 e. The van der Waals surface area contributed by atoms with Gasteiger partial charge in [0, 0.05) is 5.38 Å². The van der Waals surface area contributed by atoms with Crippen LogP contribution in [0.25, 0.3) is 22.6 Å². The molecular formula is C10H6ClN3S. The quantitative estimate of drug-likeness (QED) is 0.703. The number of benzene rings is 1. The average Bonchev–Trinajstić information content (AvgIpc) is 2.82. The van der Waals surface area contributed by atoms with Crippen LogP contribution in [0, 0.1) is 0 Å². The average molecular weight is 236 g/mol. The molecule has 0 aliphatic rings. The maximum atomic E-state index is 5.77. The topological polar surface area (TPSA) is 41.6 Å². The molecule has 0 aliphatic heterocycles. The van der Waals surface area contributed by atoms with Crippen molar-refractivity contribution in [3.63, 3.8) is 0 Å². The van der Waals surface area contributed by atoms with Crippen molar-refractivity contribution in [2.75, 3.05) is 0 Å². The van der Waals surface area contributed by atoms with Gasteiger partial charge in [0.05, 0.1) is 11.0 Å². The molecule has 3 nitrogen and oxygen atoms in total. The van der Waals surface area contributed by atoms with Gasteiger partial charge in [0.1, 0.15) is 5.69 Å². The van der Waals surface area contributed by atoms with E-state index in [9.17, 15) is 0 Å². The van der Waals surface area contributed by atoms with E-state index in [1.807, 2.05) is 29.6 Å². The Morgan fingerprint density at radius 1 is 1.20 bits per heavy atom. The third kappa shape index (κ3) is 1.52. The third-order valence-electron chi connectivity index (χ3n) is 2.11. The Balaban J connectivity index is 2.19. The zero-order valence-electron chi connectivity index (χ0n) is 7.57. The van der Waals surface area contributed by atoms with Crippen LogP contribution >= 0.6 is 22.9 Å². The van der Waals surface area contributed by atoms with E-state index in [0.29, 0.717) is 4.47 Å². The largest absolute Gasteiger partial charge is 0.337 e. The number of nitrogens with zero attached hydrogens (tertiary/aromatic N) is 2. The van der Waals surface area contributed by atoms with Gasteiger partial charge in [0.15, 0.2) is 10.3 Å². The summed E-state index contributed by atoms with van der Waals surface area (Å²) < 4.78 is 0.533. The van der Waals surface area contributed by atoms with Crippen LogP contribution in [-0.2, 0) is 0 Å². The first-order chi connectivity index (χ1) is 7.33. The summed E-state index contributed by atoms with van der Waals surface area (Å²) in [5.41, 5.74) is 2.74. The van der Waals surface area contributed by atoms with Crippen molar-refractivity contribution in [2.24, 2.45) is 0 Å². The van der Waals surface area contributed by atoms with Gasteiger partial charge < -0.3 is 4.98 Å². The van der Waals surface area contributed by atoms with E-state index in [4.69, 9.17) is 11.6 Å². The first-order valence-electron chi connectivity index (χ1n) is 4.39. The Morgan fingerprint density at radius 3 is 2.80 bits per heavy atom. The lowest BCUT2D eigenvalue weighted by Gasteiger charge is -1.85. The molecule has 1 aromatic carbocycles. The number of fused-ring (bicyclic) bond motifs is 1. The lowest BCUT2D eigenvalue weighted by atomic mass is 10.3. The molecule has 3 aromatic rings. The monoisotopic (exact) mass is 235 g/mol. The number of hydrogen-bond acceptors (Lipinski definition) is 3. The maximum absolute atomic E-state index is 5.77. The van der Waals surface area contributed by atoms with Gasteiger partial charge in [-0.1, -0.05) is 23.7 Å². The van der Waals surface area contributed by atoms with E-state index in [1.165, 1.54) is 11.3 Å². The number of nitrogens with one attached hydrogen (secondary N) is 1. The number of hydrogen-bond donors (Lipinski definition) is 1. The summed E-state index contributed by atoms with van der Waals surface area (Å²) in [6.45, 7) is 0. The van der Waals surface area contributed by atoms with E-state index >= 15 is 0 Å². The Hall–Kier alpha value is -1.39. The predicted octanol–water partition coefficient (Wildman–Crippen LogP) is 3.34. The summed E-state index contributed by atoms with van der Waals surface area (Å²) in [5, 5.41) is 1.89. The molecule has 0 atom stereocenters. The first-order valence-corrected chi connectivity index (χ1v) is 5.65. The Kier molecular flexibility index (Phi) is 1.97. The number of H-pyrrole nitrogens is 1. The lowest BCUT2D eigenvalue weighted by Crippen LogP contribution is -1.78. The van der Waals surface area contributed by atoms with Gasteiger partial charge in [0.2, 0.25) is 0 Å². The predicted molar refractivity (Wildman–Crippen MR) is 62.2 cm³/mol. The SMILES string of the molecule is Clc1nc(-c2nc3ccccc3[nH]2)cs1. The minimum atomic E-state index is 0.533. The van der Waals surface area contributed by atoms with Gasteiger partial charge in [-0.3, -0.25) is 0 Å². The van der Waals surface area contributed by atoms with Crippen LogP contribution in [-0.4, -0.2) is 15.0 Å². The number of thiazole rings is 1. The second-order valence-electron chi connectivity index (χ2n) is 3.09. The number of aromatic amines is 1. The molecule has 3 rings (SSSR count). The van der Waals surface area contributed by atoms with E-state index in [1.54, 1.807) is 0 Å². The normalized spacial score (nSPS) is 11.0. The van der Waals surface area contributed by atoms with Gasteiger partial charge >= 0.3 is 0 Å². The summed E-state index contributed by atoms with van der Waals surface area (Å²) >= 11 is 7.18. The molecule has 15 heavy (non-hydrogen) atoms. The molecule has 0 bridgehead atoms. The lowest BCUT2D eigenvalue weighted by molar-refractivity contribution is 1.27. The van der Waals surface area contributed by atoms with E-state index in [-0.39, 0.29) is 0 Å². The highest BCUT2D eigenvalue weighted by Crippen LogP contribution is 2.24. The molecule has 0 radical (unpaired) electrons. The summed E-state index contributed by atoms with van der Waals surface area (Å²) in [6, 6.07) is 7.88. The molecule has 74 valence electrons. The number of imidazole rings is 1. The van der Waals surface area contributed by atoms with Gasteiger partial charge in [-0.05, 0) is 12.1 Å². The van der Waals surface area contributed by atoms with Crippen LogP contribution in [0.15, 0.2) is 29.6 Å². The number of para-hydroxylation sites is 2. The highest BCUT2D eigenvalue weighted by molar-refractivity contribution is 7.14. The van der Waals surface area contributed by atoms with Crippen molar-refractivity contribution >= 4 is 34.0 Å². The smallest absolute Gasteiger partial charge is 0.184 e. The summed E-state index contributed by atoms with van der Waals surface area (Å²) in [7, 11) is 0. The van der Waals surface area contributed by atoms with Crippen LogP contribution in [0.1, 0.15) is 0 Å². The zero-order valence-corrected chi connectivity index (χ0v) is 9.14. The fourth-order valence-electron chi connectivity index (χ4n) is 1.43. The van der Waals surface area contributed by atoms with Gasteiger partial charge in [-0.2, -0.15) is 0 Å². The highest BCUT2D eigenvalue weighted by atomic mass is 35.5. The molecule has 1 N–H and O–H groups in total. The van der Waals surface area contributed by atoms with Gasteiger partial charge in [-0.25, -0.2) is 9.97 Å². The molecule has 0 spiro atoms. The zero-order chi connectivity index (χ0) is 10.3. The fraction of sp³-hybridized carbons (Fsp3) is 0. The van der Waals surface area contributed by atoms with Crippen LogP contribution < -0.4 is 0 Å². The van der Waals surface area contributed by atoms with Crippen LogP contribution in [0.4, 0.5) is 0 Å². The molecule has 0 saturated heterocycles. The van der Waals surface area contributed by atoms with Crippen LogP contribution in [0.3, 0.4) is 0 Å². The van der Waals surface area contributed by atoms with Gasteiger partial charge in [-0.15, -0.1) is 11.3 Å². The Morgan fingerprint density at radius 2 is 2.07 bits per heavy atom. The van der Waals surface area contributed by atoms with Gasteiger partial charge in [0.25, 0.3) is 0 Å². The molecular weight excluding hydrogens is 230 g/mol. The second kappa shape index (κ2) is 3.32. The molecule has 0 fully saturated rings. The van der Waals surface area contributed by atoms with Crippen LogP contribution in [0.5, 0.6) is 0 Å².